The summed E-state index contributed by atoms with van der Waals surface area (Å²) in [6.07, 6.45) is 55.5. The van der Waals surface area contributed by atoms with Gasteiger partial charge in [0.1, 0.15) is 19.8 Å². The first-order chi connectivity index (χ1) is 28.5. The van der Waals surface area contributed by atoms with Gasteiger partial charge in [-0.15, -0.1) is 0 Å². The lowest BCUT2D eigenvalue weighted by atomic mass is 10.1. The first kappa shape index (κ1) is 55.4. The predicted octanol–water partition coefficient (Wildman–Crippen LogP) is 12.5. The van der Waals surface area contributed by atoms with Crippen LogP contribution >= 0.6 is 7.82 Å². The van der Waals surface area contributed by atoms with Gasteiger partial charge in [-0.25, -0.2) is 4.57 Å². The highest BCUT2D eigenvalue weighted by Crippen LogP contribution is 2.43. The molecule has 0 aliphatic carbocycles. The molecule has 9 nitrogen and oxygen atoms in total. The van der Waals surface area contributed by atoms with Crippen LogP contribution in [0.15, 0.2) is 122 Å². The van der Waals surface area contributed by atoms with E-state index in [0.29, 0.717) is 30.3 Å². The SMILES string of the molecule is CC/C=C/C=C/C=C/C=C/C=C/CCCC(=O)OC(COC(=O)CCCCCCCC/C=C/C/C=C/C/C=C/C/C=C/C/C=C/CC)COP(=O)(O)OCC[N+](C)(C)C. The van der Waals surface area contributed by atoms with Crippen molar-refractivity contribution in [1.82, 2.24) is 0 Å². The Bertz CT molecular complexity index is 1410. The molecule has 0 spiro atoms. The number of carbonyl (C=O) groups is 2. The van der Waals surface area contributed by atoms with E-state index in [0.717, 1.165) is 77.0 Å². The van der Waals surface area contributed by atoms with Gasteiger partial charge in [0.25, 0.3) is 0 Å². The van der Waals surface area contributed by atoms with Crippen LogP contribution in [0, 0.1) is 0 Å². The van der Waals surface area contributed by atoms with Crippen LogP contribution in [0.25, 0.3) is 0 Å². The van der Waals surface area contributed by atoms with Crippen molar-refractivity contribution in [2.24, 2.45) is 0 Å². The second-order valence-corrected chi connectivity index (χ2v) is 16.5. The first-order valence-electron chi connectivity index (χ1n) is 21.8. The second kappa shape index (κ2) is 39.8. The third-order valence-electron chi connectivity index (χ3n) is 8.37. The van der Waals surface area contributed by atoms with Crippen LogP contribution in [0.2, 0.25) is 0 Å². The van der Waals surface area contributed by atoms with Gasteiger partial charge < -0.3 is 18.9 Å². The van der Waals surface area contributed by atoms with Gasteiger partial charge >= 0.3 is 19.8 Å². The van der Waals surface area contributed by atoms with E-state index < -0.39 is 32.5 Å². The highest BCUT2D eigenvalue weighted by molar-refractivity contribution is 7.47. The standard InChI is InChI=1S/C49H78NO8P/c1-6-8-10-12-14-16-18-20-21-22-23-24-25-26-27-28-30-31-33-35-37-39-41-48(51)55-45-47(46-57-59(53,54)56-44-43-50(3,4)5)58-49(52)42-40-38-36-34-32-29-19-17-15-13-11-9-7-2/h8-11,13-17,19-21,23-24,26-27,29,32,34,36,47H,6-7,12,18,22,25,28,30-31,33,35,37-46H2,1-5H3/p+1/b10-8+,11-9+,15-13+,16-14+,19-17+,21-20+,24-23+,27-26+,32-29+,36-34+. The van der Waals surface area contributed by atoms with Crippen molar-refractivity contribution in [3.05, 3.63) is 122 Å². The smallest absolute Gasteiger partial charge is 0.462 e. The van der Waals surface area contributed by atoms with E-state index in [2.05, 4.69) is 80.7 Å². The van der Waals surface area contributed by atoms with Gasteiger partial charge in [-0.1, -0.05) is 161 Å². The fourth-order valence-electron chi connectivity index (χ4n) is 5.01. The van der Waals surface area contributed by atoms with Gasteiger partial charge in [0.15, 0.2) is 6.10 Å². The maximum Gasteiger partial charge on any atom is 0.472 e. The van der Waals surface area contributed by atoms with Gasteiger partial charge in [-0.3, -0.25) is 18.6 Å². The third-order valence-corrected chi connectivity index (χ3v) is 9.35. The fourth-order valence-corrected chi connectivity index (χ4v) is 5.75. The monoisotopic (exact) mass is 841 g/mol. The largest absolute Gasteiger partial charge is 0.472 e. The number of phosphoric ester groups is 1. The molecule has 0 rings (SSSR count). The van der Waals surface area contributed by atoms with Crippen LogP contribution in [0.3, 0.4) is 0 Å². The average Bonchev–Trinajstić information content (AvgIpc) is 3.19. The summed E-state index contributed by atoms with van der Waals surface area (Å²) in [5, 5.41) is 0. The van der Waals surface area contributed by atoms with Crippen LogP contribution in [0.5, 0.6) is 0 Å². The summed E-state index contributed by atoms with van der Waals surface area (Å²) < 4.78 is 34.2. The number of ether oxygens (including phenoxy) is 2. The molecule has 0 aliphatic heterocycles. The molecule has 59 heavy (non-hydrogen) atoms. The lowest BCUT2D eigenvalue weighted by molar-refractivity contribution is -0.870. The number of phosphoric acid groups is 1. The van der Waals surface area contributed by atoms with E-state index in [-0.39, 0.29) is 26.1 Å². The van der Waals surface area contributed by atoms with Crippen molar-refractivity contribution in [3.63, 3.8) is 0 Å². The summed E-state index contributed by atoms with van der Waals surface area (Å²) in [5.74, 6) is -0.918. The summed E-state index contributed by atoms with van der Waals surface area (Å²) in [5.41, 5.74) is 0. The number of allylic oxidation sites excluding steroid dienone is 20. The molecule has 2 atom stereocenters. The van der Waals surface area contributed by atoms with Crippen molar-refractivity contribution in [1.29, 1.82) is 0 Å². The van der Waals surface area contributed by atoms with Crippen molar-refractivity contribution < 1.29 is 42.1 Å². The summed E-state index contributed by atoms with van der Waals surface area (Å²) in [6, 6.07) is 0. The summed E-state index contributed by atoms with van der Waals surface area (Å²) in [4.78, 5) is 35.3. The molecule has 2 unspecified atom stereocenters. The summed E-state index contributed by atoms with van der Waals surface area (Å²) in [7, 11) is 1.39. The minimum Gasteiger partial charge on any atom is -0.462 e. The van der Waals surface area contributed by atoms with Crippen LogP contribution in [-0.4, -0.2) is 74.9 Å². The molecule has 0 saturated heterocycles. The quantitative estimate of drug-likeness (QED) is 0.0165. The number of hydrogen-bond acceptors (Lipinski definition) is 7. The number of unbranched alkanes of at least 4 members (excludes halogenated alkanes) is 7. The van der Waals surface area contributed by atoms with Gasteiger partial charge in [-0.2, -0.15) is 0 Å². The molecule has 1 N–H and O–H groups in total. The van der Waals surface area contributed by atoms with Crippen molar-refractivity contribution in [2.75, 3.05) is 47.5 Å². The number of esters is 2. The minimum atomic E-state index is -4.41. The Morgan fingerprint density at radius 3 is 1.59 bits per heavy atom. The number of rotatable bonds is 37. The predicted molar refractivity (Wildman–Crippen MR) is 247 cm³/mol. The molecule has 0 amide bonds. The van der Waals surface area contributed by atoms with Gasteiger partial charge in [0, 0.05) is 12.8 Å². The highest BCUT2D eigenvalue weighted by atomic mass is 31.2. The maximum absolute atomic E-state index is 12.6. The zero-order valence-corrected chi connectivity index (χ0v) is 38.1. The molecular formula is C49H79NO8P+. The van der Waals surface area contributed by atoms with Crippen LogP contribution in [0.1, 0.15) is 123 Å². The minimum absolute atomic E-state index is 0.00764. The maximum atomic E-state index is 12.6. The summed E-state index contributed by atoms with van der Waals surface area (Å²) >= 11 is 0. The fraction of sp³-hybridized carbons (Fsp3) is 0.551. The zero-order valence-electron chi connectivity index (χ0n) is 37.2. The molecule has 10 heteroatoms. The Labute approximate surface area is 358 Å². The number of carbonyl (C=O) groups excluding carboxylic acids is 2. The van der Waals surface area contributed by atoms with E-state index in [1.54, 1.807) is 0 Å². The zero-order chi connectivity index (χ0) is 43.6. The van der Waals surface area contributed by atoms with Gasteiger partial charge in [0.2, 0.25) is 0 Å². The molecule has 0 heterocycles. The summed E-state index contributed by atoms with van der Waals surface area (Å²) in [6.45, 7) is 4.02. The molecule has 0 aromatic carbocycles. The molecule has 0 aromatic heterocycles. The first-order valence-corrected chi connectivity index (χ1v) is 23.3. The Morgan fingerprint density at radius 1 is 0.542 bits per heavy atom. The van der Waals surface area contributed by atoms with Crippen molar-refractivity contribution in [2.45, 2.75) is 129 Å². The number of nitrogens with zero attached hydrogens (tertiary/aromatic N) is 1. The number of hydrogen-bond donors (Lipinski definition) is 1. The highest BCUT2D eigenvalue weighted by Gasteiger charge is 2.27. The lowest BCUT2D eigenvalue weighted by Crippen LogP contribution is -2.37. The van der Waals surface area contributed by atoms with Gasteiger partial charge in [-0.05, 0) is 70.6 Å². The Balaban J connectivity index is 4.45. The van der Waals surface area contributed by atoms with Crippen LogP contribution in [0.4, 0.5) is 0 Å². The van der Waals surface area contributed by atoms with E-state index in [9.17, 15) is 19.0 Å². The average molecular weight is 841 g/mol. The topological polar surface area (TPSA) is 108 Å². The molecule has 0 saturated carbocycles. The number of quaternary nitrogens is 1. The Kier molecular flexibility index (Phi) is 37.4. The number of likely N-dealkylation sites (N-methyl/N-ethyl adjacent to an activating group) is 1. The lowest BCUT2D eigenvalue weighted by Gasteiger charge is -2.24. The third kappa shape index (κ3) is 43.8. The molecule has 0 aromatic rings. The second-order valence-electron chi connectivity index (χ2n) is 15.1. The molecular weight excluding hydrogens is 762 g/mol. The molecule has 0 radical (unpaired) electrons. The van der Waals surface area contributed by atoms with E-state index >= 15 is 0 Å². The van der Waals surface area contributed by atoms with Crippen molar-refractivity contribution in [3.8, 4) is 0 Å². The van der Waals surface area contributed by atoms with Gasteiger partial charge in [0.05, 0.1) is 27.7 Å². The van der Waals surface area contributed by atoms with Crippen LogP contribution < -0.4 is 0 Å². The molecule has 0 aliphatic rings. The molecule has 0 bridgehead atoms. The van der Waals surface area contributed by atoms with Crippen molar-refractivity contribution >= 4 is 19.8 Å². The molecule has 0 fully saturated rings. The van der Waals surface area contributed by atoms with E-state index in [1.807, 2.05) is 75.8 Å². The molecule has 332 valence electrons. The Morgan fingerprint density at radius 2 is 1.02 bits per heavy atom. The normalized spacial score (nSPS) is 14.7. The van der Waals surface area contributed by atoms with Crippen LogP contribution in [-0.2, 0) is 32.7 Å². The van der Waals surface area contributed by atoms with E-state index in [1.165, 1.54) is 0 Å². The Hall–Kier alpha value is -3.59. The van der Waals surface area contributed by atoms with E-state index in [4.69, 9.17) is 18.5 Å².